The van der Waals surface area contributed by atoms with Gasteiger partial charge in [0, 0.05) is 13.1 Å². The maximum Gasteiger partial charge on any atom is 0.0948 e. The van der Waals surface area contributed by atoms with Crippen molar-refractivity contribution >= 4 is 28.5 Å². The Morgan fingerprint density at radius 3 is 2.65 bits per heavy atom. The van der Waals surface area contributed by atoms with Crippen molar-refractivity contribution in [3.63, 3.8) is 0 Å². The maximum absolute atomic E-state index is 5.90. The Labute approximate surface area is 112 Å². The Kier molecular flexibility index (Phi) is 4.14. The van der Waals surface area contributed by atoms with Crippen molar-refractivity contribution in [2.24, 2.45) is 5.73 Å². The SMILES string of the molecule is CC1CN(C(C(N)=S)c2ccsc2)CC(C)O1. The smallest absolute Gasteiger partial charge is 0.0948 e. The van der Waals surface area contributed by atoms with E-state index in [1.54, 1.807) is 11.3 Å². The predicted octanol–water partition coefficient (Wildman–Crippen LogP) is 2.18. The highest BCUT2D eigenvalue weighted by Crippen LogP contribution is 2.26. The molecule has 0 saturated carbocycles. The first kappa shape index (κ1) is 13.0. The number of morpholine rings is 1. The Hall–Kier alpha value is -0.490. The highest BCUT2D eigenvalue weighted by Gasteiger charge is 2.30. The molecule has 1 aliphatic rings. The van der Waals surface area contributed by atoms with E-state index in [4.69, 9.17) is 22.7 Å². The molecular weight excluding hydrogens is 252 g/mol. The second kappa shape index (κ2) is 5.44. The summed E-state index contributed by atoms with van der Waals surface area (Å²) in [6.07, 6.45) is 0.462. The minimum Gasteiger partial charge on any atom is -0.392 e. The molecule has 2 N–H and O–H groups in total. The third-order valence-electron chi connectivity index (χ3n) is 2.94. The van der Waals surface area contributed by atoms with Gasteiger partial charge in [0.05, 0.1) is 23.2 Å². The Balaban J connectivity index is 2.19. The number of hydrogen-bond donors (Lipinski definition) is 1. The number of nitrogens with zero attached hydrogens (tertiary/aromatic N) is 1. The summed E-state index contributed by atoms with van der Waals surface area (Å²) in [5.74, 6) is 0. The van der Waals surface area contributed by atoms with Crippen LogP contribution < -0.4 is 5.73 Å². The molecule has 0 radical (unpaired) electrons. The summed E-state index contributed by atoms with van der Waals surface area (Å²) in [4.78, 5) is 2.87. The van der Waals surface area contributed by atoms with Gasteiger partial charge in [-0.15, -0.1) is 0 Å². The Bertz CT molecular complexity index is 370. The van der Waals surface area contributed by atoms with Crippen LogP contribution in [0, 0.1) is 0 Å². The van der Waals surface area contributed by atoms with Crippen LogP contribution in [0.15, 0.2) is 16.8 Å². The molecule has 3 nitrogen and oxygen atoms in total. The monoisotopic (exact) mass is 270 g/mol. The van der Waals surface area contributed by atoms with Gasteiger partial charge < -0.3 is 10.5 Å². The van der Waals surface area contributed by atoms with E-state index in [2.05, 4.69) is 35.6 Å². The fourth-order valence-corrected chi connectivity index (χ4v) is 3.38. The van der Waals surface area contributed by atoms with E-state index in [9.17, 15) is 0 Å². The summed E-state index contributed by atoms with van der Waals surface area (Å²) in [6.45, 7) is 5.93. The van der Waals surface area contributed by atoms with Gasteiger partial charge in [-0.2, -0.15) is 11.3 Å². The van der Waals surface area contributed by atoms with E-state index in [1.807, 2.05) is 0 Å². The zero-order valence-electron chi connectivity index (χ0n) is 10.1. The molecule has 1 aromatic heterocycles. The molecule has 0 spiro atoms. The van der Waals surface area contributed by atoms with Crippen LogP contribution in [-0.2, 0) is 4.74 Å². The number of thiophene rings is 1. The molecule has 3 atom stereocenters. The number of thiocarbonyl (C=S) groups is 1. The molecule has 1 fully saturated rings. The quantitative estimate of drug-likeness (QED) is 0.855. The van der Waals surface area contributed by atoms with E-state index < -0.39 is 0 Å². The standard InChI is InChI=1S/C12H18N2OS2/c1-8-5-14(6-9(2)15-8)11(12(13)16)10-3-4-17-7-10/h3-4,7-9,11H,5-6H2,1-2H3,(H2,13,16). The zero-order valence-corrected chi connectivity index (χ0v) is 11.8. The highest BCUT2D eigenvalue weighted by atomic mass is 32.1. The van der Waals surface area contributed by atoms with Gasteiger partial charge in [0.1, 0.15) is 0 Å². The summed E-state index contributed by atoms with van der Waals surface area (Å²) in [5.41, 5.74) is 7.10. The second-order valence-corrected chi connectivity index (χ2v) is 5.82. The Morgan fingerprint density at radius 1 is 1.53 bits per heavy atom. The summed E-state index contributed by atoms with van der Waals surface area (Å²) >= 11 is 6.90. The minimum atomic E-state index is 0.0463. The molecule has 5 heteroatoms. The van der Waals surface area contributed by atoms with Crippen LogP contribution in [0.3, 0.4) is 0 Å². The lowest BCUT2D eigenvalue weighted by Gasteiger charge is -2.39. The summed E-state index contributed by atoms with van der Waals surface area (Å²) in [7, 11) is 0. The van der Waals surface area contributed by atoms with Crippen LogP contribution in [0.2, 0.25) is 0 Å². The number of rotatable bonds is 3. The van der Waals surface area contributed by atoms with Gasteiger partial charge in [0.2, 0.25) is 0 Å². The molecular formula is C12H18N2OS2. The van der Waals surface area contributed by atoms with E-state index in [1.165, 1.54) is 5.56 Å². The predicted molar refractivity (Wildman–Crippen MR) is 75.4 cm³/mol. The summed E-state index contributed by atoms with van der Waals surface area (Å²) in [6, 6.07) is 2.14. The van der Waals surface area contributed by atoms with E-state index >= 15 is 0 Å². The molecule has 0 aliphatic carbocycles. The zero-order chi connectivity index (χ0) is 12.4. The van der Waals surface area contributed by atoms with Crippen LogP contribution in [0.4, 0.5) is 0 Å². The van der Waals surface area contributed by atoms with Gasteiger partial charge in [-0.25, -0.2) is 0 Å². The Morgan fingerprint density at radius 2 is 2.18 bits per heavy atom. The number of hydrogen-bond acceptors (Lipinski definition) is 4. The van der Waals surface area contributed by atoms with E-state index in [0.29, 0.717) is 4.99 Å². The van der Waals surface area contributed by atoms with E-state index in [0.717, 1.165) is 13.1 Å². The molecule has 0 bridgehead atoms. The van der Waals surface area contributed by atoms with Crippen LogP contribution >= 0.6 is 23.6 Å². The first-order chi connectivity index (χ1) is 8.08. The molecule has 2 heterocycles. The molecule has 1 aliphatic heterocycles. The molecule has 0 aromatic carbocycles. The normalized spacial score (nSPS) is 27.9. The van der Waals surface area contributed by atoms with Gasteiger partial charge in [-0.05, 0) is 36.2 Å². The molecule has 3 unspecified atom stereocenters. The van der Waals surface area contributed by atoms with Gasteiger partial charge in [0.25, 0.3) is 0 Å². The number of ether oxygens (including phenoxy) is 1. The van der Waals surface area contributed by atoms with Gasteiger partial charge >= 0.3 is 0 Å². The van der Waals surface area contributed by atoms with Gasteiger partial charge in [-0.3, -0.25) is 4.90 Å². The first-order valence-electron chi connectivity index (χ1n) is 5.79. The van der Waals surface area contributed by atoms with Crippen molar-refractivity contribution in [1.82, 2.24) is 4.90 Å². The van der Waals surface area contributed by atoms with Crippen LogP contribution in [0.1, 0.15) is 25.5 Å². The second-order valence-electron chi connectivity index (χ2n) is 4.57. The third kappa shape index (κ3) is 3.04. The maximum atomic E-state index is 5.90. The van der Waals surface area contributed by atoms with Crippen LogP contribution in [0.5, 0.6) is 0 Å². The molecule has 1 aromatic rings. The van der Waals surface area contributed by atoms with Gasteiger partial charge in [0.15, 0.2) is 0 Å². The molecule has 2 rings (SSSR count). The van der Waals surface area contributed by atoms with Crippen LogP contribution in [0.25, 0.3) is 0 Å². The van der Waals surface area contributed by atoms with Crippen molar-refractivity contribution in [1.29, 1.82) is 0 Å². The first-order valence-corrected chi connectivity index (χ1v) is 7.14. The largest absolute Gasteiger partial charge is 0.392 e. The highest BCUT2D eigenvalue weighted by molar-refractivity contribution is 7.80. The van der Waals surface area contributed by atoms with Crippen molar-refractivity contribution in [3.8, 4) is 0 Å². The lowest BCUT2D eigenvalue weighted by molar-refractivity contribution is -0.0736. The lowest BCUT2D eigenvalue weighted by atomic mass is 10.1. The average molecular weight is 270 g/mol. The van der Waals surface area contributed by atoms with Crippen molar-refractivity contribution in [2.75, 3.05) is 13.1 Å². The van der Waals surface area contributed by atoms with Crippen molar-refractivity contribution < 1.29 is 4.74 Å². The molecule has 17 heavy (non-hydrogen) atoms. The molecule has 1 saturated heterocycles. The van der Waals surface area contributed by atoms with E-state index in [-0.39, 0.29) is 18.2 Å². The summed E-state index contributed by atoms with van der Waals surface area (Å²) < 4.78 is 5.74. The fourth-order valence-electron chi connectivity index (χ4n) is 2.41. The number of nitrogens with two attached hydrogens (primary N) is 1. The lowest BCUT2D eigenvalue weighted by Crippen LogP contribution is -2.49. The van der Waals surface area contributed by atoms with Gasteiger partial charge in [-0.1, -0.05) is 12.2 Å². The minimum absolute atomic E-state index is 0.0463. The topological polar surface area (TPSA) is 38.5 Å². The third-order valence-corrected chi connectivity index (χ3v) is 3.87. The average Bonchev–Trinajstić information content (AvgIpc) is 2.68. The molecule has 94 valence electrons. The van der Waals surface area contributed by atoms with Crippen molar-refractivity contribution in [2.45, 2.75) is 32.1 Å². The molecule has 0 amide bonds. The fraction of sp³-hybridized carbons (Fsp3) is 0.583. The van der Waals surface area contributed by atoms with Crippen molar-refractivity contribution in [3.05, 3.63) is 22.4 Å². The van der Waals surface area contributed by atoms with Crippen LogP contribution in [-0.4, -0.2) is 35.2 Å². The summed E-state index contributed by atoms with van der Waals surface area (Å²) in [5, 5.41) is 4.18.